The van der Waals surface area contributed by atoms with Crippen LogP contribution in [0.5, 0.6) is 11.5 Å². The monoisotopic (exact) mass is 508 g/mol. The lowest BCUT2D eigenvalue weighted by Gasteiger charge is -2.28. The highest BCUT2D eigenvalue weighted by Gasteiger charge is 2.15. The number of fused-ring (bicyclic) bond motifs is 2. The summed E-state index contributed by atoms with van der Waals surface area (Å²) in [5.41, 5.74) is 3.87. The van der Waals surface area contributed by atoms with Crippen LogP contribution in [-0.4, -0.2) is 50.8 Å². The number of nitrogens with zero attached hydrogens (tertiary/aromatic N) is 2. The molecule has 2 heterocycles. The molecule has 6 nitrogen and oxygen atoms in total. The van der Waals surface area contributed by atoms with Crippen LogP contribution in [0, 0.1) is 0 Å². The highest BCUT2D eigenvalue weighted by atomic mass is 127. The lowest BCUT2D eigenvalue weighted by Crippen LogP contribution is -2.39. The molecule has 0 unspecified atom stereocenters. The maximum Gasteiger partial charge on any atom is 0.195 e. The van der Waals surface area contributed by atoms with Crippen molar-refractivity contribution in [3.63, 3.8) is 0 Å². The summed E-state index contributed by atoms with van der Waals surface area (Å²) in [5, 5.41) is 6.74. The molecule has 4 rings (SSSR count). The van der Waals surface area contributed by atoms with E-state index in [1.165, 1.54) is 11.1 Å². The van der Waals surface area contributed by atoms with Crippen LogP contribution in [0.25, 0.3) is 0 Å². The van der Waals surface area contributed by atoms with Gasteiger partial charge in [-0.15, -0.1) is 24.0 Å². The third-order valence-electron chi connectivity index (χ3n) is 5.16. The molecule has 0 atom stereocenters. The first-order valence-corrected chi connectivity index (χ1v) is 9.98. The zero-order valence-corrected chi connectivity index (χ0v) is 19.1. The molecule has 0 spiro atoms. The molecule has 2 aliphatic heterocycles. The Bertz CT molecular complexity index is 843. The average molecular weight is 508 g/mol. The quantitative estimate of drug-likeness (QED) is 0.376. The number of aliphatic imine (C=N–C) groups is 1. The predicted octanol–water partition coefficient (Wildman–Crippen LogP) is 3.51. The Morgan fingerprint density at radius 2 is 1.86 bits per heavy atom. The van der Waals surface area contributed by atoms with Gasteiger partial charge in [0.05, 0.1) is 13.2 Å². The molecule has 0 amide bonds. The standard InChI is InChI=1S/C22H28N4O2.HI/c1-23-22(25-19-7-8-20-21(15-19)28-14-4-13-27-20)24-10-12-26-11-9-17-5-2-3-6-18(17)16-26;/h2-3,5-8,15H,4,9-14,16H2,1H3,(H2,23,24,25);1H. The van der Waals surface area contributed by atoms with E-state index in [4.69, 9.17) is 9.47 Å². The molecule has 0 saturated carbocycles. The van der Waals surface area contributed by atoms with Gasteiger partial charge in [-0.05, 0) is 29.7 Å². The summed E-state index contributed by atoms with van der Waals surface area (Å²) in [7, 11) is 1.79. The summed E-state index contributed by atoms with van der Waals surface area (Å²) in [6, 6.07) is 14.6. The molecule has 7 heteroatoms. The van der Waals surface area contributed by atoms with Crippen LogP contribution in [0.15, 0.2) is 47.5 Å². The van der Waals surface area contributed by atoms with Crippen LogP contribution in [0.2, 0.25) is 0 Å². The molecule has 0 fully saturated rings. The minimum Gasteiger partial charge on any atom is -0.490 e. The van der Waals surface area contributed by atoms with Gasteiger partial charge in [0.1, 0.15) is 0 Å². The zero-order valence-electron chi connectivity index (χ0n) is 16.8. The number of rotatable bonds is 4. The van der Waals surface area contributed by atoms with Crippen LogP contribution in [0.3, 0.4) is 0 Å². The minimum absolute atomic E-state index is 0. The van der Waals surface area contributed by atoms with E-state index in [2.05, 4.69) is 44.8 Å². The van der Waals surface area contributed by atoms with Crippen LogP contribution in [0.4, 0.5) is 5.69 Å². The third-order valence-corrected chi connectivity index (χ3v) is 5.16. The van der Waals surface area contributed by atoms with Gasteiger partial charge in [0.2, 0.25) is 0 Å². The first kappa shape index (κ1) is 21.7. The van der Waals surface area contributed by atoms with E-state index in [1.54, 1.807) is 7.05 Å². The first-order valence-electron chi connectivity index (χ1n) is 9.98. The lowest BCUT2D eigenvalue weighted by atomic mass is 10.00. The maximum absolute atomic E-state index is 5.76. The van der Waals surface area contributed by atoms with E-state index < -0.39 is 0 Å². The molecule has 0 bridgehead atoms. The Balaban J connectivity index is 0.00000240. The van der Waals surface area contributed by atoms with E-state index in [0.29, 0.717) is 13.2 Å². The molecule has 0 radical (unpaired) electrons. The number of benzene rings is 2. The largest absolute Gasteiger partial charge is 0.490 e. The number of guanidine groups is 1. The second-order valence-corrected chi connectivity index (χ2v) is 7.13. The summed E-state index contributed by atoms with van der Waals surface area (Å²) in [5.74, 6) is 2.34. The topological polar surface area (TPSA) is 58.1 Å². The second-order valence-electron chi connectivity index (χ2n) is 7.13. The zero-order chi connectivity index (χ0) is 19.2. The van der Waals surface area contributed by atoms with Gasteiger partial charge in [-0.1, -0.05) is 24.3 Å². The summed E-state index contributed by atoms with van der Waals surface area (Å²) in [4.78, 5) is 6.82. The fraction of sp³-hybridized carbons (Fsp3) is 0.409. The second kappa shape index (κ2) is 10.7. The number of hydrogen-bond donors (Lipinski definition) is 2. The fourth-order valence-electron chi connectivity index (χ4n) is 3.63. The molecule has 2 aliphatic rings. The highest BCUT2D eigenvalue weighted by Crippen LogP contribution is 2.32. The Morgan fingerprint density at radius 3 is 2.69 bits per heavy atom. The summed E-state index contributed by atoms with van der Waals surface area (Å²) < 4.78 is 11.4. The number of anilines is 1. The van der Waals surface area contributed by atoms with Crippen molar-refractivity contribution in [1.82, 2.24) is 10.2 Å². The molecule has 156 valence electrons. The van der Waals surface area contributed by atoms with Crippen molar-refractivity contribution in [2.45, 2.75) is 19.4 Å². The SMILES string of the molecule is CN=C(NCCN1CCc2ccccc2C1)Nc1ccc2c(c1)OCCCO2.I. The minimum atomic E-state index is 0. The Hall–Kier alpha value is -2.00. The molecule has 2 N–H and O–H groups in total. The van der Waals surface area contributed by atoms with E-state index in [-0.39, 0.29) is 24.0 Å². The van der Waals surface area contributed by atoms with Crippen molar-refractivity contribution in [1.29, 1.82) is 0 Å². The Labute approximate surface area is 189 Å². The normalized spacial score (nSPS) is 16.2. The Kier molecular flexibility index (Phi) is 8.00. The molecular formula is C22H29IN4O2. The average Bonchev–Trinajstić information content (AvgIpc) is 2.98. The van der Waals surface area contributed by atoms with Gasteiger partial charge in [-0.2, -0.15) is 0 Å². The summed E-state index contributed by atoms with van der Waals surface area (Å²) in [6.07, 6.45) is 2.03. The van der Waals surface area contributed by atoms with Crippen LogP contribution in [-0.2, 0) is 13.0 Å². The first-order chi connectivity index (χ1) is 13.8. The van der Waals surface area contributed by atoms with Crippen molar-refractivity contribution in [2.24, 2.45) is 4.99 Å². The number of nitrogens with one attached hydrogen (secondary N) is 2. The highest BCUT2D eigenvalue weighted by molar-refractivity contribution is 14.0. The van der Waals surface area contributed by atoms with Crippen molar-refractivity contribution < 1.29 is 9.47 Å². The van der Waals surface area contributed by atoms with Crippen LogP contribution >= 0.6 is 24.0 Å². The number of hydrogen-bond acceptors (Lipinski definition) is 4. The molecule has 29 heavy (non-hydrogen) atoms. The van der Waals surface area contributed by atoms with Gasteiger partial charge in [-0.3, -0.25) is 9.89 Å². The summed E-state index contributed by atoms with van der Waals surface area (Å²) >= 11 is 0. The van der Waals surface area contributed by atoms with Gasteiger partial charge >= 0.3 is 0 Å². The molecule has 0 saturated heterocycles. The van der Waals surface area contributed by atoms with Gasteiger partial charge < -0.3 is 20.1 Å². The van der Waals surface area contributed by atoms with Gasteiger partial charge in [-0.25, -0.2) is 0 Å². The van der Waals surface area contributed by atoms with Crippen molar-refractivity contribution in [2.75, 3.05) is 45.2 Å². The van der Waals surface area contributed by atoms with E-state index in [1.807, 2.05) is 18.2 Å². The third kappa shape index (κ3) is 5.76. The number of halogens is 1. The molecule has 2 aromatic carbocycles. The smallest absolute Gasteiger partial charge is 0.195 e. The van der Waals surface area contributed by atoms with E-state index >= 15 is 0 Å². The van der Waals surface area contributed by atoms with Crippen molar-refractivity contribution in [3.05, 3.63) is 53.6 Å². The number of ether oxygens (including phenoxy) is 2. The fourth-order valence-corrected chi connectivity index (χ4v) is 3.63. The van der Waals surface area contributed by atoms with E-state index in [9.17, 15) is 0 Å². The van der Waals surface area contributed by atoms with Gasteiger partial charge in [0.25, 0.3) is 0 Å². The summed E-state index contributed by atoms with van der Waals surface area (Å²) in [6.45, 7) is 5.33. The molecular weight excluding hydrogens is 479 g/mol. The van der Waals surface area contributed by atoms with E-state index in [0.717, 1.165) is 62.2 Å². The Morgan fingerprint density at radius 1 is 1.07 bits per heavy atom. The molecule has 0 aromatic heterocycles. The molecule has 2 aromatic rings. The maximum atomic E-state index is 5.76. The van der Waals surface area contributed by atoms with Crippen molar-refractivity contribution >= 4 is 35.6 Å². The van der Waals surface area contributed by atoms with Gasteiger partial charge in [0, 0.05) is 51.4 Å². The van der Waals surface area contributed by atoms with Crippen molar-refractivity contribution in [3.8, 4) is 11.5 Å². The predicted molar refractivity (Wildman–Crippen MR) is 128 cm³/mol. The van der Waals surface area contributed by atoms with Crippen LogP contribution < -0.4 is 20.1 Å². The van der Waals surface area contributed by atoms with Gasteiger partial charge in [0.15, 0.2) is 17.5 Å². The lowest BCUT2D eigenvalue weighted by molar-refractivity contribution is 0.258. The molecule has 0 aliphatic carbocycles. The van der Waals surface area contributed by atoms with Crippen LogP contribution in [0.1, 0.15) is 17.5 Å².